The highest BCUT2D eigenvalue weighted by molar-refractivity contribution is 7.89. The molecule has 3 aromatic rings. The molecule has 0 radical (unpaired) electrons. The second-order valence-electron chi connectivity index (χ2n) is 8.56. The van der Waals surface area contributed by atoms with Crippen LogP contribution in [0.25, 0.3) is 0 Å². The minimum Gasteiger partial charge on any atom is -0.345 e. The molecule has 0 saturated carbocycles. The van der Waals surface area contributed by atoms with Crippen LogP contribution in [0.1, 0.15) is 41.1 Å². The van der Waals surface area contributed by atoms with E-state index in [1.54, 1.807) is 18.3 Å². The lowest BCUT2D eigenvalue weighted by Crippen LogP contribution is -2.43. The number of carbonyl (C=O) groups excluding carboxylic acids is 1. The number of aryl methyl sites for hydroxylation is 2. The number of hydrogen-bond acceptors (Lipinski definition) is 4. The summed E-state index contributed by atoms with van der Waals surface area (Å²) in [7, 11) is -3.59. The number of pyridine rings is 1. The van der Waals surface area contributed by atoms with Gasteiger partial charge in [0.1, 0.15) is 4.90 Å². The first-order chi connectivity index (χ1) is 15.9. The van der Waals surface area contributed by atoms with Crippen molar-refractivity contribution in [3.63, 3.8) is 0 Å². The number of rotatable bonds is 6. The molecule has 1 aromatic heterocycles. The van der Waals surface area contributed by atoms with Crippen LogP contribution in [0.4, 0.5) is 0 Å². The number of benzene rings is 2. The van der Waals surface area contributed by atoms with Crippen LogP contribution in [0.3, 0.4) is 0 Å². The van der Waals surface area contributed by atoms with Crippen molar-refractivity contribution >= 4 is 15.9 Å². The molecule has 4 rings (SSSR count). The maximum Gasteiger partial charge on any atom is 0.244 e. The first-order valence-corrected chi connectivity index (χ1v) is 12.6. The Kier molecular flexibility index (Phi) is 6.91. The lowest BCUT2D eigenvalue weighted by Gasteiger charge is -2.31. The van der Waals surface area contributed by atoms with Gasteiger partial charge in [-0.2, -0.15) is 4.31 Å². The van der Waals surface area contributed by atoms with Crippen molar-refractivity contribution in [3.8, 4) is 0 Å². The van der Waals surface area contributed by atoms with Gasteiger partial charge in [0, 0.05) is 31.4 Å². The molecule has 6 nitrogen and oxygen atoms in total. The van der Waals surface area contributed by atoms with Crippen LogP contribution in [0.15, 0.2) is 78.0 Å². The Labute approximate surface area is 195 Å². The molecule has 1 aliphatic heterocycles. The zero-order valence-electron chi connectivity index (χ0n) is 18.9. The third-order valence-corrected chi connectivity index (χ3v) is 8.26. The Morgan fingerprint density at radius 2 is 1.70 bits per heavy atom. The molecule has 1 saturated heterocycles. The van der Waals surface area contributed by atoms with Crippen LogP contribution >= 0.6 is 0 Å². The van der Waals surface area contributed by atoms with E-state index < -0.39 is 10.0 Å². The Hall–Kier alpha value is -3.03. The Balaban J connectivity index is 1.47. The van der Waals surface area contributed by atoms with Crippen LogP contribution in [0.2, 0.25) is 0 Å². The molecule has 33 heavy (non-hydrogen) atoms. The summed E-state index contributed by atoms with van der Waals surface area (Å²) in [6, 6.07) is 19.1. The highest BCUT2D eigenvalue weighted by atomic mass is 32.2. The molecule has 0 bridgehead atoms. The zero-order chi connectivity index (χ0) is 23.4. The summed E-state index contributed by atoms with van der Waals surface area (Å²) >= 11 is 0. The van der Waals surface area contributed by atoms with E-state index in [9.17, 15) is 13.2 Å². The van der Waals surface area contributed by atoms with Gasteiger partial charge in [0.15, 0.2) is 0 Å². The molecule has 1 aliphatic rings. The molecule has 2 aromatic carbocycles. The van der Waals surface area contributed by atoms with Crippen molar-refractivity contribution in [2.75, 3.05) is 13.1 Å². The number of hydrogen-bond donors (Lipinski definition) is 1. The molecule has 1 N–H and O–H groups in total. The Morgan fingerprint density at radius 1 is 0.970 bits per heavy atom. The van der Waals surface area contributed by atoms with Gasteiger partial charge < -0.3 is 5.32 Å². The van der Waals surface area contributed by atoms with Crippen LogP contribution in [-0.2, 0) is 14.8 Å². The molecule has 1 fully saturated rings. The fraction of sp³-hybridized carbons (Fsp3) is 0.308. The maximum absolute atomic E-state index is 13.2. The summed E-state index contributed by atoms with van der Waals surface area (Å²) in [6.07, 6.45) is 3.88. The normalized spacial score (nSPS) is 16.3. The van der Waals surface area contributed by atoms with Crippen molar-refractivity contribution in [1.82, 2.24) is 14.6 Å². The maximum atomic E-state index is 13.2. The van der Waals surface area contributed by atoms with Crippen molar-refractivity contribution in [3.05, 3.63) is 95.3 Å². The number of piperidine rings is 1. The first kappa shape index (κ1) is 23.1. The second-order valence-corrected chi connectivity index (χ2v) is 10.5. The van der Waals surface area contributed by atoms with Crippen LogP contribution < -0.4 is 5.32 Å². The smallest absolute Gasteiger partial charge is 0.244 e. The molecular formula is C26H29N3O3S. The summed E-state index contributed by atoms with van der Waals surface area (Å²) in [4.78, 5) is 17.4. The minimum atomic E-state index is -3.59. The van der Waals surface area contributed by atoms with Crippen molar-refractivity contribution in [2.24, 2.45) is 5.92 Å². The lowest BCUT2D eigenvalue weighted by atomic mass is 9.93. The largest absolute Gasteiger partial charge is 0.345 e. The number of sulfonamides is 1. The second kappa shape index (κ2) is 9.85. The SMILES string of the molecule is Cc1ccc(C(NC(=O)C2CCN(S(=O)(=O)c3cccnc3)CC2)c2ccccc2)cc1C. The Morgan fingerprint density at radius 3 is 2.33 bits per heavy atom. The van der Waals surface area contributed by atoms with Crippen LogP contribution in [-0.4, -0.2) is 36.7 Å². The summed E-state index contributed by atoms with van der Waals surface area (Å²) in [5, 5.41) is 3.23. The van der Waals surface area contributed by atoms with Crippen LogP contribution in [0.5, 0.6) is 0 Å². The third-order valence-electron chi connectivity index (χ3n) is 6.38. The summed E-state index contributed by atoms with van der Waals surface area (Å²) < 4.78 is 27.2. The molecule has 1 amide bonds. The quantitative estimate of drug-likeness (QED) is 0.599. The van der Waals surface area contributed by atoms with E-state index in [2.05, 4.69) is 42.3 Å². The van der Waals surface area contributed by atoms with E-state index in [-0.39, 0.29) is 22.8 Å². The zero-order valence-corrected chi connectivity index (χ0v) is 19.8. The fourth-order valence-electron chi connectivity index (χ4n) is 4.22. The molecular weight excluding hydrogens is 434 g/mol. The summed E-state index contributed by atoms with van der Waals surface area (Å²) in [5.41, 5.74) is 4.44. The first-order valence-electron chi connectivity index (χ1n) is 11.2. The Bertz CT molecular complexity index is 1210. The van der Waals surface area contributed by atoms with Gasteiger partial charge in [-0.15, -0.1) is 0 Å². The van der Waals surface area contributed by atoms with E-state index in [4.69, 9.17) is 0 Å². The standard InChI is InChI=1S/C26H29N3O3S/c1-19-10-11-23(17-20(19)2)25(21-7-4-3-5-8-21)28-26(30)22-12-15-29(16-13-22)33(31,32)24-9-6-14-27-18-24/h3-11,14,17-18,22,25H,12-13,15-16H2,1-2H3,(H,28,30). The number of carbonyl (C=O) groups is 1. The fourth-order valence-corrected chi connectivity index (χ4v) is 5.65. The molecule has 172 valence electrons. The molecule has 1 unspecified atom stereocenters. The van der Waals surface area contributed by atoms with Crippen molar-refractivity contribution < 1.29 is 13.2 Å². The molecule has 2 heterocycles. The van der Waals surface area contributed by atoms with Crippen LogP contribution in [0, 0.1) is 19.8 Å². The number of nitrogens with one attached hydrogen (secondary N) is 1. The molecule has 1 atom stereocenters. The third kappa shape index (κ3) is 5.15. The molecule has 0 spiro atoms. The van der Waals surface area contributed by atoms with Gasteiger partial charge in [0.2, 0.25) is 15.9 Å². The number of amides is 1. The topological polar surface area (TPSA) is 79.4 Å². The van der Waals surface area contributed by atoms with Crippen molar-refractivity contribution in [2.45, 2.75) is 37.6 Å². The highest BCUT2D eigenvalue weighted by Crippen LogP contribution is 2.27. The van der Waals surface area contributed by atoms with E-state index >= 15 is 0 Å². The lowest BCUT2D eigenvalue weighted by molar-refractivity contribution is -0.126. The van der Waals surface area contributed by atoms with Crippen molar-refractivity contribution in [1.29, 1.82) is 0 Å². The highest BCUT2D eigenvalue weighted by Gasteiger charge is 2.33. The van der Waals surface area contributed by atoms with E-state index in [0.29, 0.717) is 25.9 Å². The van der Waals surface area contributed by atoms with E-state index in [1.165, 1.54) is 21.6 Å². The predicted molar refractivity (Wildman–Crippen MR) is 128 cm³/mol. The van der Waals surface area contributed by atoms with Gasteiger partial charge in [0.25, 0.3) is 0 Å². The minimum absolute atomic E-state index is 0.0412. The van der Waals surface area contributed by atoms with Gasteiger partial charge in [-0.1, -0.05) is 48.5 Å². The average Bonchev–Trinajstić information content (AvgIpc) is 2.85. The monoisotopic (exact) mass is 463 g/mol. The summed E-state index contributed by atoms with van der Waals surface area (Å²) in [5.74, 6) is -0.274. The van der Waals surface area contributed by atoms with Gasteiger partial charge in [-0.25, -0.2) is 8.42 Å². The van der Waals surface area contributed by atoms with Gasteiger partial charge in [-0.3, -0.25) is 9.78 Å². The predicted octanol–water partition coefficient (Wildman–Crippen LogP) is 4.00. The van der Waals surface area contributed by atoms with Gasteiger partial charge in [0.05, 0.1) is 6.04 Å². The number of nitrogens with zero attached hydrogens (tertiary/aromatic N) is 2. The average molecular weight is 464 g/mol. The molecule has 0 aliphatic carbocycles. The molecule has 7 heteroatoms. The van der Waals surface area contributed by atoms with E-state index in [0.717, 1.165) is 11.1 Å². The number of aromatic nitrogens is 1. The summed E-state index contributed by atoms with van der Waals surface area (Å²) in [6.45, 7) is 4.77. The van der Waals surface area contributed by atoms with E-state index in [1.807, 2.05) is 30.3 Å². The van der Waals surface area contributed by atoms with Gasteiger partial charge in [-0.05, 0) is 61.1 Å². The van der Waals surface area contributed by atoms with Gasteiger partial charge >= 0.3 is 0 Å².